The molecule has 1 amide bonds. The van der Waals surface area contributed by atoms with Crippen molar-refractivity contribution >= 4 is 5.91 Å². The van der Waals surface area contributed by atoms with Crippen molar-refractivity contribution in [3.63, 3.8) is 0 Å². The summed E-state index contributed by atoms with van der Waals surface area (Å²) in [5.74, 6) is -0.816. The third-order valence-electron chi connectivity index (χ3n) is 2.06. The maximum absolute atomic E-state index is 11.2. The second-order valence-corrected chi connectivity index (χ2v) is 3.16. The van der Waals surface area contributed by atoms with Gasteiger partial charge in [0.05, 0.1) is 0 Å². The molecule has 0 aliphatic carbocycles. The first-order valence-electron chi connectivity index (χ1n) is 4.30. The van der Waals surface area contributed by atoms with Gasteiger partial charge in [-0.2, -0.15) is 0 Å². The van der Waals surface area contributed by atoms with Gasteiger partial charge in [-0.1, -0.05) is 36.8 Å². The molecule has 1 aromatic carbocycles. The molecule has 0 N–H and O–H groups in total. The summed E-state index contributed by atoms with van der Waals surface area (Å²) in [7, 11) is 0. The number of carbonyl (C=O) groups excluding carboxylic acids is 1. The van der Waals surface area contributed by atoms with Crippen molar-refractivity contribution < 1.29 is 4.79 Å². The van der Waals surface area contributed by atoms with E-state index in [4.69, 9.17) is 5.53 Å². The number of aryl methyl sites for hydroxylation is 1. The molecule has 1 atom stereocenters. The van der Waals surface area contributed by atoms with Gasteiger partial charge in [0.2, 0.25) is 5.91 Å². The maximum atomic E-state index is 11.2. The Kier molecular flexibility index (Phi) is 3.26. The van der Waals surface area contributed by atoms with Crippen LogP contribution < -0.4 is 0 Å². The summed E-state index contributed by atoms with van der Waals surface area (Å²) in [5.41, 5.74) is 10.1. The van der Waals surface area contributed by atoms with E-state index in [-0.39, 0.29) is 5.92 Å². The van der Waals surface area contributed by atoms with Crippen molar-refractivity contribution in [1.82, 2.24) is 0 Å². The van der Waals surface area contributed by atoms with Gasteiger partial charge in [0.1, 0.15) is 0 Å². The third kappa shape index (κ3) is 2.34. The van der Waals surface area contributed by atoms with Gasteiger partial charge >= 0.3 is 0 Å². The van der Waals surface area contributed by atoms with Crippen molar-refractivity contribution in [2.75, 3.05) is 0 Å². The van der Waals surface area contributed by atoms with E-state index >= 15 is 0 Å². The van der Waals surface area contributed by atoms with Gasteiger partial charge in [-0.15, -0.1) is 0 Å². The summed E-state index contributed by atoms with van der Waals surface area (Å²) in [6.07, 6.45) is 0. The Labute approximate surface area is 82.2 Å². The molecule has 0 saturated heterocycles. The molecule has 0 heterocycles. The number of carbonyl (C=O) groups is 1. The lowest BCUT2D eigenvalue weighted by Crippen LogP contribution is -2.05. The standard InChI is InChI=1S/C10H11N3O/c1-7-4-3-5-9(6-7)8(2)10(14)12-13-11/h3-6,8H,1-2H3. The molecule has 14 heavy (non-hydrogen) atoms. The number of hydrogen-bond acceptors (Lipinski definition) is 1. The van der Waals surface area contributed by atoms with Gasteiger partial charge in [-0.05, 0) is 23.1 Å². The lowest BCUT2D eigenvalue weighted by Gasteiger charge is -2.07. The van der Waals surface area contributed by atoms with E-state index in [0.29, 0.717) is 0 Å². The number of azide groups is 1. The summed E-state index contributed by atoms with van der Waals surface area (Å²) in [4.78, 5) is 13.7. The lowest BCUT2D eigenvalue weighted by molar-refractivity contribution is -0.119. The highest BCUT2D eigenvalue weighted by atomic mass is 16.1. The minimum Gasteiger partial charge on any atom is -0.292 e. The minimum atomic E-state index is -0.446. The molecule has 0 saturated carbocycles. The number of rotatable bonds is 2. The molecule has 4 nitrogen and oxygen atoms in total. The summed E-state index contributed by atoms with van der Waals surface area (Å²) in [6, 6.07) is 7.59. The fourth-order valence-corrected chi connectivity index (χ4v) is 1.21. The molecule has 0 spiro atoms. The van der Waals surface area contributed by atoms with E-state index in [2.05, 4.69) is 10.0 Å². The van der Waals surface area contributed by atoms with Crippen LogP contribution in [0.4, 0.5) is 0 Å². The Hall–Kier alpha value is -1.80. The molecule has 0 bridgehead atoms. The predicted octanol–water partition coefficient (Wildman–Crippen LogP) is 2.94. The molecule has 1 aromatic rings. The van der Waals surface area contributed by atoms with E-state index in [1.54, 1.807) is 6.92 Å². The third-order valence-corrected chi connectivity index (χ3v) is 2.06. The molecule has 4 heteroatoms. The van der Waals surface area contributed by atoms with Crippen molar-refractivity contribution in [2.24, 2.45) is 5.11 Å². The summed E-state index contributed by atoms with van der Waals surface area (Å²) in [5, 5.41) is 3.07. The van der Waals surface area contributed by atoms with Crippen molar-refractivity contribution in [3.8, 4) is 0 Å². The van der Waals surface area contributed by atoms with Crippen LogP contribution in [-0.4, -0.2) is 5.91 Å². The first-order chi connectivity index (χ1) is 6.65. The Morgan fingerprint density at radius 1 is 1.57 bits per heavy atom. The van der Waals surface area contributed by atoms with Crippen molar-refractivity contribution in [3.05, 3.63) is 45.8 Å². The van der Waals surface area contributed by atoms with E-state index in [9.17, 15) is 4.79 Å². The smallest absolute Gasteiger partial charge is 0.226 e. The summed E-state index contributed by atoms with van der Waals surface area (Å²) in [6.45, 7) is 3.68. The van der Waals surface area contributed by atoms with Crippen molar-refractivity contribution in [1.29, 1.82) is 0 Å². The van der Waals surface area contributed by atoms with Gasteiger partial charge in [0.15, 0.2) is 0 Å². The molecule has 0 aliphatic heterocycles. The number of nitrogens with zero attached hydrogens (tertiary/aromatic N) is 3. The van der Waals surface area contributed by atoms with Gasteiger partial charge in [0, 0.05) is 10.8 Å². The molecule has 0 radical (unpaired) electrons. The average molecular weight is 189 g/mol. The Bertz CT molecular complexity index is 394. The lowest BCUT2D eigenvalue weighted by atomic mass is 9.99. The zero-order valence-corrected chi connectivity index (χ0v) is 8.14. The average Bonchev–Trinajstić information content (AvgIpc) is 2.17. The Morgan fingerprint density at radius 3 is 2.86 bits per heavy atom. The van der Waals surface area contributed by atoms with Gasteiger partial charge in [-0.25, -0.2) is 0 Å². The molecular formula is C10H11N3O. The summed E-state index contributed by atoms with van der Waals surface area (Å²) < 4.78 is 0. The zero-order valence-electron chi connectivity index (χ0n) is 8.14. The van der Waals surface area contributed by atoms with E-state index in [0.717, 1.165) is 11.1 Å². The number of amides is 1. The topological polar surface area (TPSA) is 65.8 Å². The van der Waals surface area contributed by atoms with Gasteiger partial charge in [0.25, 0.3) is 0 Å². The van der Waals surface area contributed by atoms with Crippen LogP contribution in [0.25, 0.3) is 10.4 Å². The normalized spacial score (nSPS) is 11.6. The quantitative estimate of drug-likeness (QED) is 0.400. The zero-order chi connectivity index (χ0) is 10.6. The summed E-state index contributed by atoms with van der Waals surface area (Å²) >= 11 is 0. The van der Waals surface area contributed by atoms with E-state index in [1.165, 1.54) is 0 Å². The van der Waals surface area contributed by atoms with E-state index < -0.39 is 5.91 Å². The van der Waals surface area contributed by atoms with Gasteiger partial charge < -0.3 is 0 Å². The molecule has 0 aromatic heterocycles. The van der Waals surface area contributed by atoms with Crippen LogP contribution in [-0.2, 0) is 4.79 Å². The Morgan fingerprint density at radius 2 is 2.29 bits per heavy atom. The maximum Gasteiger partial charge on any atom is 0.226 e. The van der Waals surface area contributed by atoms with Crippen LogP contribution in [0.1, 0.15) is 24.0 Å². The second kappa shape index (κ2) is 4.44. The fraction of sp³-hybridized carbons (Fsp3) is 0.300. The minimum absolute atomic E-state index is 0.370. The van der Waals surface area contributed by atoms with Gasteiger partial charge in [-0.3, -0.25) is 4.79 Å². The molecule has 0 aliphatic rings. The first-order valence-corrected chi connectivity index (χ1v) is 4.30. The highest BCUT2D eigenvalue weighted by molar-refractivity contribution is 5.83. The Balaban J connectivity index is 2.94. The predicted molar refractivity (Wildman–Crippen MR) is 53.7 cm³/mol. The van der Waals surface area contributed by atoms with Crippen LogP contribution in [0.2, 0.25) is 0 Å². The highest BCUT2D eigenvalue weighted by Crippen LogP contribution is 2.17. The molecule has 0 fully saturated rings. The molecular weight excluding hydrogens is 178 g/mol. The second-order valence-electron chi connectivity index (χ2n) is 3.16. The van der Waals surface area contributed by atoms with Crippen LogP contribution in [0.15, 0.2) is 29.4 Å². The van der Waals surface area contributed by atoms with Crippen molar-refractivity contribution in [2.45, 2.75) is 19.8 Å². The number of benzene rings is 1. The largest absolute Gasteiger partial charge is 0.292 e. The molecule has 1 unspecified atom stereocenters. The van der Waals surface area contributed by atoms with E-state index in [1.807, 2.05) is 31.2 Å². The fourth-order valence-electron chi connectivity index (χ4n) is 1.21. The monoisotopic (exact) mass is 189 g/mol. The molecule has 1 rings (SSSR count). The first kappa shape index (κ1) is 10.3. The molecule has 72 valence electrons. The van der Waals surface area contributed by atoms with Crippen LogP contribution in [0.5, 0.6) is 0 Å². The van der Waals surface area contributed by atoms with Crippen LogP contribution >= 0.6 is 0 Å². The highest BCUT2D eigenvalue weighted by Gasteiger charge is 2.12. The number of hydrogen-bond donors (Lipinski definition) is 0. The van der Waals surface area contributed by atoms with Crippen LogP contribution in [0, 0.1) is 6.92 Å². The SMILES string of the molecule is Cc1cccc(C(C)C(=O)N=[N+]=[N-])c1. The van der Waals surface area contributed by atoms with Crippen LogP contribution in [0.3, 0.4) is 0 Å².